The van der Waals surface area contributed by atoms with Crippen molar-refractivity contribution in [3.8, 4) is 5.69 Å². The molecule has 0 saturated heterocycles. The van der Waals surface area contributed by atoms with Gasteiger partial charge in [0.25, 0.3) is 0 Å². The first-order valence-corrected chi connectivity index (χ1v) is 17.7. The maximum absolute atomic E-state index is 5.36. The topological polar surface area (TPSA) is 34.2 Å². The second-order valence-corrected chi connectivity index (χ2v) is 13.9. The monoisotopic (exact) mass is 656 g/mol. The maximum Gasteiger partial charge on any atom is 0.208 e. The molecule has 244 valence electrons. The highest BCUT2D eigenvalue weighted by Crippen LogP contribution is 2.43. The van der Waals surface area contributed by atoms with Crippen molar-refractivity contribution in [2.45, 2.75) is 24.8 Å². The Morgan fingerprint density at radius 2 is 1.25 bits per heavy atom. The van der Waals surface area contributed by atoms with Gasteiger partial charge in [0.2, 0.25) is 5.96 Å². The quantitative estimate of drug-likeness (QED) is 0.201. The Morgan fingerprint density at radius 1 is 0.627 bits per heavy atom. The Hall–Kier alpha value is -6.39. The minimum absolute atomic E-state index is 0.0272. The number of aliphatic imine (C=N–C) groups is 1. The molecule has 2 unspecified atom stereocenters. The fourth-order valence-electron chi connectivity index (χ4n) is 8.22. The van der Waals surface area contributed by atoms with Gasteiger partial charge in [-0.15, -0.1) is 0 Å². The van der Waals surface area contributed by atoms with Crippen molar-refractivity contribution >= 4 is 50.4 Å². The second-order valence-electron chi connectivity index (χ2n) is 13.9. The van der Waals surface area contributed by atoms with Crippen LogP contribution in [0.4, 0.5) is 0 Å². The molecule has 0 saturated carbocycles. The predicted molar refractivity (Wildman–Crippen MR) is 212 cm³/mol. The molecule has 0 radical (unpaired) electrons. The van der Waals surface area contributed by atoms with Gasteiger partial charge in [0.15, 0.2) is 0 Å². The number of nitrogens with one attached hydrogen (secondary N) is 1. The number of hydrogen-bond donors (Lipinski definition) is 1. The number of nitrogens with zero attached hydrogens (tertiary/aromatic N) is 3. The number of benzene rings is 6. The molecule has 0 bridgehead atoms. The molecule has 4 heteroatoms. The third kappa shape index (κ3) is 4.79. The van der Waals surface area contributed by atoms with E-state index in [-0.39, 0.29) is 11.5 Å². The standard InChI is InChI=1S/C47H36N4/c1-47(34-25-26-44-39(29-34)37-22-12-13-23-42(37)50(44)35-19-9-4-10-20-35)28-27-38-36-21-11-14-24-43(36)51(45(38)31-47)46-48-40(32-15-5-2-6-16-32)30-41(49-46)33-17-7-3-8-18-33/h2-30,40H,31H2,1H3,(H,48,49). The number of allylic oxidation sites excluding steroid dienone is 1. The van der Waals surface area contributed by atoms with Crippen LogP contribution in [0.1, 0.15) is 40.9 Å². The highest BCUT2D eigenvalue weighted by molar-refractivity contribution is 6.09. The summed E-state index contributed by atoms with van der Waals surface area (Å²) in [6.45, 7) is 2.38. The first-order chi connectivity index (χ1) is 25.1. The second kappa shape index (κ2) is 11.6. The molecule has 8 aromatic rings. The van der Waals surface area contributed by atoms with E-state index < -0.39 is 0 Å². The van der Waals surface area contributed by atoms with Crippen LogP contribution in [0.3, 0.4) is 0 Å². The smallest absolute Gasteiger partial charge is 0.208 e. The van der Waals surface area contributed by atoms with Gasteiger partial charge in [0.05, 0.1) is 28.3 Å². The van der Waals surface area contributed by atoms with Crippen LogP contribution in [-0.2, 0) is 11.8 Å². The van der Waals surface area contributed by atoms with Crippen LogP contribution < -0.4 is 5.32 Å². The Labute approximate surface area is 297 Å². The number of rotatable bonds is 4. The summed E-state index contributed by atoms with van der Waals surface area (Å²) >= 11 is 0. The number of para-hydroxylation sites is 3. The molecule has 1 aliphatic carbocycles. The zero-order chi connectivity index (χ0) is 33.9. The summed E-state index contributed by atoms with van der Waals surface area (Å²) in [4.78, 5) is 5.36. The van der Waals surface area contributed by atoms with Crippen LogP contribution in [0.25, 0.3) is 50.2 Å². The molecule has 51 heavy (non-hydrogen) atoms. The molecular weight excluding hydrogens is 621 g/mol. The summed E-state index contributed by atoms with van der Waals surface area (Å²) in [5.74, 6) is 0.849. The molecule has 10 rings (SSSR count). The lowest BCUT2D eigenvalue weighted by Gasteiger charge is -2.32. The summed E-state index contributed by atoms with van der Waals surface area (Å²) in [6, 6.07) is 56.4. The van der Waals surface area contributed by atoms with Gasteiger partial charge in [-0.2, -0.15) is 0 Å². The molecule has 0 fully saturated rings. The van der Waals surface area contributed by atoms with E-state index >= 15 is 0 Å². The van der Waals surface area contributed by atoms with E-state index in [1.807, 2.05) is 0 Å². The largest absolute Gasteiger partial charge is 0.345 e. The molecule has 2 atom stereocenters. The average Bonchev–Trinajstić information content (AvgIpc) is 3.70. The van der Waals surface area contributed by atoms with E-state index in [1.165, 1.54) is 55.3 Å². The van der Waals surface area contributed by atoms with Crippen LogP contribution in [0.15, 0.2) is 175 Å². The molecule has 2 aromatic heterocycles. The van der Waals surface area contributed by atoms with Gasteiger partial charge in [0.1, 0.15) is 0 Å². The minimum atomic E-state index is -0.241. The van der Waals surface area contributed by atoms with Crippen molar-refractivity contribution in [3.63, 3.8) is 0 Å². The van der Waals surface area contributed by atoms with Crippen molar-refractivity contribution in [1.29, 1.82) is 0 Å². The summed E-state index contributed by atoms with van der Waals surface area (Å²) < 4.78 is 4.77. The maximum atomic E-state index is 5.36. The van der Waals surface area contributed by atoms with Crippen molar-refractivity contribution in [1.82, 2.24) is 14.5 Å². The summed E-state index contributed by atoms with van der Waals surface area (Å²) in [7, 11) is 0. The number of aromatic nitrogens is 2. The van der Waals surface area contributed by atoms with Crippen LogP contribution in [0.2, 0.25) is 0 Å². The predicted octanol–water partition coefficient (Wildman–Crippen LogP) is 10.9. The van der Waals surface area contributed by atoms with E-state index in [1.54, 1.807) is 0 Å². The molecule has 6 aromatic carbocycles. The van der Waals surface area contributed by atoms with E-state index in [4.69, 9.17) is 4.99 Å². The molecule has 1 aliphatic heterocycles. The molecule has 4 nitrogen and oxygen atoms in total. The SMILES string of the molecule is CC1(c2ccc3c(c2)c2ccccc2n3-c2ccccc2)C=Cc2c(n(C3=NC(c4ccccc4)=CC(c4ccccc4)N3)c3ccccc23)C1. The number of hydrogen-bond acceptors (Lipinski definition) is 2. The van der Waals surface area contributed by atoms with E-state index in [0.29, 0.717) is 0 Å². The van der Waals surface area contributed by atoms with Gasteiger partial charge in [-0.1, -0.05) is 140 Å². The lowest BCUT2D eigenvalue weighted by Crippen LogP contribution is -2.37. The lowest BCUT2D eigenvalue weighted by atomic mass is 9.74. The van der Waals surface area contributed by atoms with Crippen LogP contribution in [0, 0.1) is 0 Å². The van der Waals surface area contributed by atoms with Crippen LogP contribution in [0.5, 0.6) is 0 Å². The summed E-state index contributed by atoms with van der Waals surface area (Å²) in [5.41, 5.74) is 11.6. The van der Waals surface area contributed by atoms with Crippen LogP contribution in [-0.4, -0.2) is 15.1 Å². The first kappa shape index (κ1) is 29.5. The minimum Gasteiger partial charge on any atom is -0.345 e. The Balaban J connectivity index is 1.13. The van der Waals surface area contributed by atoms with Gasteiger partial charge >= 0.3 is 0 Å². The molecule has 2 aliphatic rings. The van der Waals surface area contributed by atoms with Gasteiger partial charge in [-0.05, 0) is 53.6 Å². The van der Waals surface area contributed by atoms with E-state index in [0.717, 1.165) is 29.2 Å². The van der Waals surface area contributed by atoms with Crippen LogP contribution >= 0.6 is 0 Å². The van der Waals surface area contributed by atoms with E-state index in [2.05, 4.69) is 197 Å². The normalized spacial score (nSPS) is 18.4. The summed E-state index contributed by atoms with van der Waals surface area (Å²) in [5, 5.41) is 7.63. The van der Waals surface area contributed by atoms with Gasteiger partial charge in [-0.25, -0.2) is 4.99 Å². The summed E-state index contributed by atoms with van der Waals surface area (Å²) in [6.07, 6.45) is 7.85. The molecular formula is C47H36N4. The third-order valence-electron chi connectivity index (χ3n) is 10.8. The zero-order valence-electron chi connectivity index (χ0n) is 28.4. The van der Waals surface area contributed by atoms with Gasteiger partial charge in [-0.3, -0.25) is 4.57 Å². The molecule has 0 amide bonds. The van der Waals surface area contributed by atoms with Gasteiger partial charge < -0.3 is 9.88 Å². The first-order valence-electron chi connectivity index (χ1n) is 17.7. The van der Waals surface area contributed by atoms with E-state index in [9.17, 15) is 0 Å². The van der Waals surface area contributed by atoms with Crippen molar-refractivity contribution in [3.05, 3.63) is 198 Å². The Bertz CT molecular complexity index is 2690. The van der Waals surface area contributed by atoms with Crippen molar-refractivity contribution in [2.75, 3.05) is 0 Å². The Kier molecular flexibility index (Phi) is 6.72. The highest BCUT2D eigenvalue weighted by atomic mass is 15.2. The number of fused-ring (bicyclic) bond motifs is 6. The molecule has 0 spiro atoms. The molecule has 3 heterocycles. The Morgan fingerprint density at radius 3 is 2.02 bits per heavy atom. The van der Waals surface area contributed by atoms with Crippen molar-refractivity contribution < 1.29 is 0 Å². The fraction of sp³-hybridized carbons (Fsp3) is 0.0851. The average molecular weight is 657 g/mol. The fourth-order valence-corrected chi connectivity index (χ4v) is 8.22. The third-order valence-corrected chi connectivity index (χ3v) is 10.8. The lowest BCUT2D eigenvalue weighted by molar-refractivity contribution is 0.573. The molecule has 1 N–H and O–H groups in total. The van der Waals surface area contributed by atoms with Gasteiger partial charge in [0, 0.05) is 50.5 Å². The highest BCUT2D eigenvalue weighted by Gasteiger charge is 2.34. The van der Waals surface area contributed by atoms with Crippen molar-refractivity contribution in [2.24, 2.45) is 4.99 Å². The zero-order valence-corrected chi connectivity index (χ0v) is 28.4.